The standard InChI is InChI=1S/C16H10BrFN2O/c17-13-7-6-10(18)9-12(13)16(21)20-15-5-1-4-14-11(15)3-2-8-19-14/h1-9H,(H,20,21). The Labute approximate surface area is 128 Å². The molecule has 3 rings (SSSR count). The number of nitrogens with zero attached hydrogens (tertiary/aromatic N) is 1. The first kappa shape index (κ1) is 13.7. The first-order valence-electron chi connectivity index (χ1n) is 6.25. The van der Waals surface area contributed by atoms with Crippen LogP contribution in [0.25, 0.3) is 10.9 Å². The molecule has 0 saturated carbocycles. The highest BCUT2D eigenvalue weighted by Gasteiger charge is 2.12. The van der Waals surface area contributed by atoms with Crippen molar-refractivity contribution >= 4 is 38.4 Å². The number of pyridine rings is 1. The Morgan fingerprint density at radius 2 is 2.00 bits per heavy atom. The molecule has 1 amide bonds. The SMILES string of the molecule is O=C(Nc1cccc2ncccc12)c1cc(F)ccc1Br. The second-order valence-corrected chi connectivity index (χ2v) is 5.31. The van der Waals surface area contributed by atoms with Gasteiger partial charge in [0.05, 0.1) is 16.8 Å². The monoisotopic (exact) mass is 344 g/mol. The van der Waals surface area contributed by atoms with Crippen molar-refractivity contribution < 1.29 is 9.18 Å². The molecule has 1 N–H and O–H groups in total. The van der Waals surface area contributed by atoms with Crippen molar-refractivity contribution in [3.63, 3.8) is 0 Å². The quantitative estimate of drug-likeness (QED) is 0.749. The van der Waals surface area contributed by atoms with Gasteiger partial charge in [-0.2, -0.15) is 0 Å². The molecule has 0 spiro atoms. The van der Waals surface area contributed by atoms with Crippen LogP contribution < -0.4 is 5.32 Å². The third-order valence-corrected chi connectivity index (χ3v) is 3.76. The van der Waals surface area contributed by atoms with Crippen LogP contribution in [-0.2, 0) is 0 Å². The zero-order valence-corrected chi connectivity index (χ0v) is 12.4. The van der Waals surface area contributed by atoms with Crippen LogP contribution in [0, 0.1) is 5.82 Å². The molecule has 5 heteroatoms. The van der Waals surface area contributed by atoms with Gasteiger partial charge in [0.1, 0.15) is 5.82 Å². The number of rotatable bonds is 2. The smallest absolute Gasteiger partial charge is 0.256 e. The Hall–Kier alpha value is -2.27. The second kappa shape index (κ2) is 5.61. The van der Waals surface area contributed by atoms with E-state index in [4.69, 9.17) is 0 Å². The van der Waals surface area contributed by atoms with Gasteiger partial charge in [0.2, 0.25) is 0 Å². The van der Waals surface area contributed by atoms with Crippen molar-refractivity contribution in [1.29, 1.82) is 0 Å². The molecule has 2 aromatic carbocycles. The molecule has 0 aliphatic heterocycles. The summed E-state index contributed by atoms with van der Waals surface area (Å²) in [5.74, 6) is -0.833. The molecule has 0 aliphatic carbocycles. The highest BCUT2D eigenvalue weighted by molar-refractivity contribution is 9.10. The summed E-state index contributed by atoms with van der Waals surface area (Å²) in [6.45, 7) is 0. The van der Waals surface area contributed by atoms with Crippen molar-refractivity contribution in [1.82, 2.24) is 4.98 Å². The predicted octanol–water partition coefficient (Wildman–Crippen LogP) is 4.39. The van der Waals surface area contributed by atoms with E-state index in [1.165, 1.54) is 18.2 Å². The number of amides is 1. The Kier molecular flexibility index (Phi) is 3.66. The topological polar surface area (TPSA) is 42.0 Å². The highest BCUT2D eigenvalue weighted by Crippen LogP contribution is 2.24. The molecule has 0 saturated heterocycles. The minimum atomic E-state index is -0.456. The Morgan fingerprint density at radius 3 is 2.86 bits per heavy atom. The van der Waals surface area contributed by atoms with E-state index in [0.717, 1.165) is 10.9 Å². The number of nitrogens with one attached hydrogen (secondary N) is 1. The summed E-state index contributed by atoms with van der Waals surface area (Å²) in [6, 6.07) is 13.1. The number of benzene rings is 2. The van der Waals surface area contributed by atoms with Crippen LogP contribution >= 0.6 is 15.9 Å². The molecule has 0 unspecified atom stereocenters. The lowest BCUT2D eigenvalue weighted by Gasteiger charge is -2.09. The predicted molar refractivity (Wildman–Crippen MR) is 83.8 cm³/mol. The van der Waals surface area contributed by atoms with Gasteiger partial charge in [-0.25, -0.2) is 4.39 Å². The number of carbonyl (C=O) groups is 1. The van der Waals surface area contributed by atoms with E-state index < -0.39 is 5.82 Å². The van der Waals surface area contributed by atoms with E-state index in [9.17, 15) is 9.18 Å². The summed E-state index contributed by atoms with van der Waals surface area (Å²) in [5.41, 5.74) is 1.67. The number of anilines is 1. The summed E-state index contributed by atoms with van der Waals surface area (Å²) < 4.78 is 13.8. The molecule has 0 radical (unpaired) electrons. The summed E-state index contributed by atoms with van der Waals surface area (Å²) >= 11 is 3.25. The molecule has 21 heavy (non-hydrogen) atoms. The fourth-order valence-corrected chi connectivity index (χ4v) is 2.50. The van der Waals surface area contributed by atoms with Crippen molar-refractivity contribution in [3.05, 3.63) is 70.6 Å². The van der Waals surface area contributed by atoms with Crippen LogP contribution in [0.4, 0.5) is 10.1 Å². The molecule has 1 heterocycles. The van der Waals surface area contributed by atoms with Gasteiger partial charge in [0, 0.05) is 16.1 Å². The van der Waals surface area contributed by atoms with Gasteiger partial charge in [-0.3, -0.25) is 9.78 Å². The molecule has 3 aromatic rings. The number of carbonyl (C=O) groups excluding carboxylic acids is 1. The fraction of sp³-hybridized carbons (Fsp3) is 0. The third kappa shape index (κ3) is 2.78. The lowest BCUT2D eigenvalue weighted by atomic mass is 10.1. The molecule has 0 fully saturated rings. The minimum absolute atomic E-state index is 0.246. The first-order chi connectivity index (χ1) is 10.1. The average Bonchev–Trinajstić information content (AvgIpc) is 2.50. The molecular weight excluding hydrogens is 335 g/mol. The largest absolute Gasteiger partial charge is 0.321 e. The Morgan fingerprint density at radius 1 is 1.14 bits per heavy atom. The summed E-state index contributed by atoms with van der Waals surface area (Å²) in [7, 11) is 0. The normalized spacial score (nSPS) is 10.6. The van der Waals surface area contributed by atoms with E-state index in [2.05, 4.69) is 26.2 Å². The van der Waals surface area contributed by atoms with Gasteiger partial charge in [0.25, 0.3) is 5.91 Å². The number of halogens is 2. The lowest BCUT2D eigenvalue weighted by molar-refractivity contribution is 0.102. The maximum absolute atomic E-state index is 13.3. The van der Waals surface area contributed by atoms with Gasteiger partial charge >= 0.3 is 0 Å². The van der Waals surface area contributed by atoms with Gasteiger partial charge in [-0.1, -0.05) is 6.07 Å². The average molecular weight is 345 g/mol. The Bertz CT molecular complexity index is 830. The minimum Gasteiger partial charge on any atom is -0.321 e. The molecule has 0 atom stereocenters. The van der Waals surface area contributed by atoms with Gasteiger partial charge in [-0.15, -0.1) is 0 Å². The molecule has 0 aliphatic rings. The van der Waals surface area contributed by atoms with E-state index in [1.54, 1.807) is 18.3 Å². The molecular formula is C16H10BrFN2O. The molecule has 1 aromatic heterocycles. The van der Waals surface area contributed by atoms with Crippen LogP contribution in [0.5, 0.6) is 0 Å². The Balaban J connectivity index is 1.99. The van der Waals surface area contributed by atoms with Crippen molar-refractivity contribution in [2.75, 3.05) is 5.32 Å². The fourth-order valence-electron chi connectivity index (χ4n) is 2.07. The maximum Gasteiger partial charge on any atom is 0.256 e. The van der Waals surface area contributed by atoms with Gasteiger partial charge in [-0.05, 0) is 58.4 Å². The van der Waals surface area contributed by atoms with E-state index in [1.807, 2.05) is 18.2 Å². The zero-order valence-electron chi connectivity index (χ0n) is 10.8. The van der Waals surface area contributed by atoms with Crippen LogP contribution in [0.15, 0.2) is 59.2 Å². The van der Waals surface area contributed by atoms with Crippen LogP contribution in [0.3, 0.4) is 0 Å². The van der Waals surface area contributed by atoms with Crippen molar-refractivity contribution in [2.45, 2.75) is 0 Å². The molecule has 3 nitrogen and oxygen atoms in total. The van der Waals surface area contributed by atoms with Gasteiger partial charge in [0.15, 0.2) is 0 Å². The second-order valence-electron chi connectivity index (χ2n) is 4.45. The summed E-state index contributed by atoms with van der Waals surface area (Å²) in [4.78, 5) is 16.5. The number of fused-ring (bicyclic) bond motifs is 1. The third-order valence-electron chi connectivity index (χ3n) is 3.07. The number of hydrogen-bond donors (Lipinski definition) is 1. The van der Waals surface area contributed by atoms with E-state index >= 15 is 0 Å². The van der Waals surface area contributed by atoms with Gasteiger partial charge < -0.3 is 5.32 Å². The number of hydrogen-bond acceptors (Lipinski definition) is 2. The van der Waals surface area contributed by atoms with Crippen LogP contribution in [0.1, 0.15) is 10.4 Å². The first-order valence-corrected chi connectivity index (χ1v) is 7.04. The van der Waals surface area contributed by atoms with E-state index in [0.29, 0.717) is 10.2 Å². The van der Waals surface area contributed by atoms with Crippen LogP contribution in [-0.4, -0.2) is 10.9 Å². The van der Waals surface area contributed by atoms with E-state index in [-0.39, 0.29) is 11.5 Å². The number of aromatic nitrogens is 1. The summed E-state index contributed by atoms with van der Waals surface area (Å²) in [6.07, 6.45) is 1.69. The van der Waals surface area contributed by atoms with Crippen molar-refractivity contribution in [3.8, 4) is 0 Å². The summed E-state index contributed by atoms with van der Waals surface area (Å²) in [5, 5.41) is 3.63. The molecule has 104 valence electrons. The molecule has 0 bridgehead atoms. The zero-order chi connectivity index (χ0) is 14.8. The maximum atomic E-state index is 13.3. The van der Waals surface area contributed by atoms with Crippen molar-refractivity contribution in [2.24, 2.45) is 0 Å². The van der Waals surface area contributed by atoms with Crippen LogP contribution in [0.2, 0.25) is 0 Å². The lowest BCUT2D eigenvalue weighted by Crippen LogP contribution is -2.13. The highest BCUT2D eigenvalue weighted by atomic mass is 79.9.